The smallest absolute Gasteiger partial charge is 0.407 e. The molecule has 1 aliphatic heterocycles. The maximum absolute atomic E-state index is 12.7. The summed E-state index contributed by atoms with van der Waals surface area (Å²) in [5.74, 6) is 0.471. The van der Waals surface area contributed by atoms with Crippen molar-refractivity contribution in [2.45, 2.75) is 188 Å². The molecule has 0 aliphatic carbocycles. The van der Waals surface area contributed by atoms with Gasteiger partial charge in [0.15, 0.2) is 14.1 Å². The monoisotopic (exact) mass is 814 g/mol. The zero-order valence-electron chi connectivity index (χ0n) is 38.1. The van der Waals surface area contributed by atoms with Crippen LogP contribution >= 0.6 is 0 Å². The minimum atomic E-state index is -1.97. The zero-order valence-corrected chi connectivity index (χ0v) is 40.1. The van der Waals surface area contributed by atoms with Crippen LogP contribution < -0.4 is 5.32 Å². The molecule has 0 radical (unpaired) electrons. The van der Waals surface area contributed by atoms with Gasteiger partial charge >= 0.3 is 6.09 Å². The number of alkyl carbamates (subject to hydrolysis) is 1. The third-order valence-corrected chi connectivity index (χ3v) is 23.1. The van der Waals surface area contributed by atoms with Crippen LogP contribution in [0, 0.1) is 5.92 Å². The van der Waals surface area contributed by atoms with Gasteiger partial charge in [0.2, 0.25) is 8.32 Å². The lowest BCUT2D eigenvalue weighted by atomic mass is 9.94. The van der Waals surface area contributed by atoms with Crippen LogP contribution in [0.1, 0.15) is 135 Å². The normalized spacial score (nSPS) is 19.1. The lowest BCUT2D eigenvalue weighted by Crippen LogP contribution is -2.48. The summed E-state index contributed by atoms with van der Waals surface area (Å²) in [6.45, 7) is 42.8. The molecule has 0 saturated carbocycles. The molecule has 1 rings (SSSR count). The summed E-state index contributed by atoms with van der Waals surface area (Å²) in [5.41, 5.74) is 6.87. The van der Waals surface area contributed by atoms with Crippen LogP contribution in [0.2, 0.25) is 34.8 Å². The Hall–Kier alpha value is -2.31. The second kappa shape index (κ2) is 25.9. The Balaban J connectivity index is 2.93. The van der Waals surface area contributed by atoms with E-state index in [1.807, 2.05) is 0 Å². The molecule has 1 amide bonds. The Labute approximate surface area is 346 Å². The van der Waals surface area contributed by atoms with Gasteiger partial charge in [-0.25, -0.2) is 4.79 Å². The highest BCUT2D eigenvalue weighted by molar-refractivity contribution is 6.77. The van der Waals surface area contributed by atoms with Gasteiger partial charge in [0, 0.05) is 13.0 Å². The molecule has 0 aromatic rings. The largest absolute Gasteiger partial charge is 0.445 e. The van der Waals surface area contributed by atoms with E-state index in [4.69, 9.17) is 18.3 Å². The molecular formula is C47H83NO6Si2. The highest BCUT2D eigenvalue weighted by Gasteiger charge is 2.45. The van der Waals surface area contributed by atoms with E-state index in [9.17, 15) is 9.59 Å². The minimum Gasteiger partial charge on any atom is -0.445 e. The van der Waals surface area contributed by atoms with E-state index in [0.717, 1.165) is 48.5 Å². The summed E-state index contributed by atoms with van der Waals surface area (Å²) < 4.78 is 25.7. The third-order valence-electron chi connectivity index (χ3n) is 12.4. The number of hydrogen-bond donors (Lipinski definition) is 1. The summed E-state index contributed by atoms with van der Waals surface area (Å²) in [6.07, 6.45) is 13.1. The number of amides is 1. The molecule has 1 N–H and O–H groups in total. The number of allylic oxidation sites excluding steroid dienone is 4. The molecule has 0 spiro atoms. The number of rotatable bonds is 28. The van der Waals surface area contributed by atoms with Gasteiger partial charge in [0.1, 0.15) is 6.61 Å². The first-order valence-corrected chi connectivity index (χ1v) is 26.4. The third kappa shape index (κ3) is 16.2. The van der Waals surface area contributed by atoms with E-state index >= 15 is 0 Å². The van der Waals surface area contributed by atoms with Crippen LogP contribution in [0.3, 0.4) is 0 Å². The molecule has 4 atom stereocenters. The van der Waals surface area contributed by atoms with Crippen molar-refractivity contribution in [1.82, 2.24) is 5.32 Å². The van der Waals surface area contributed by atoms with Crippen molar-refractivity contribution >= 4 is 28.5 Å². The second-order valence-corrected chi connectivity index (χ2v) is 27.4. The SMILES string of the molecule is C=CCOC(=O)NCCCC(=C)C(=O)CC/C=C(\C)[C@@H]1O[C@H](CC[C@H](O[Si](CC)(CC)CC)/C(C)=C/C=C(\C)C(=C)CO[Si](C(C)C)(C(C)C)C(C)C)C[C@H]1C. The van der Waals surface area contributed by atoms with E-state index in [-0.39, 0.29) is 30.7 Å². The van der Waals surface area contributed by atoms with E-state index < -0.39 is 22.7 Å². The summed E-state index contributed by atoms with van der Waals surface area (Å²) in [7, 11) is -3.84. The maximum Gasteiger partial charge on any atom is 0.407 e. The fourth-order valence-electron chi connectivity index (χ4n) is 8.54. The first-order chi connectivity index (χ1) is 26.3. The van der Waals surface area contributed by atoms with Crippen molar-refractivity contribution in [3.05, 3.63) is 71.9 Å². The van der Waals surface area contributed by atoms with Gasteiger partial charge in [0.05, 0.1) is 24.9 Å². The Morgan fingerprint density at radius 3 is 2.07 bits per heavy atom. The van der Waals surface area contributed by atoms with E-state index in [2.05, 4.69) is 133 Å². The minimum absolute atomic E-state index is 0.0496. The molecule has 0 aromatic heterocycles. The highest BCUT2D eigenvalue weighted by Crippen LogP contribution is 2.42. The van der Waals surface area contributed by atoms with Crippen LogP contribution in [0.25, 0.3) is 0 Å². The van der Waals surface area contributed by atoms with E-state index in [1.165, 1.54) is 17.2 Å². The molecule has 320 valence electrons. The fourth-order valence-corrected chi connectivity index (χ4v) is 16.9. The van der Waals surface area contributed by atoms with E-state index in [0.29, 0.717) is 66.9 Å². The Kier molecular flexibility index (Phi) is 23.9. The topological polar surface area (TPSA) is 83.1 Å². The van der Waals surface area contributed by atoms with Gasteiger partial charge in [-0.2, -0.15) is 0 Å². The Morgan fingerprint density at radius 1 is 0.911 bits per heavy atom. The van der Waals surface area contributed by atoms with Crippen molar-refractivity contribution in [2.24, 2.45) is 5.92 Å². The zero-order chi connectivity index (χ0) is 42.6. The van der Waals surface area contributed by atoms with Crippen LogP contribution in [-0.4, -0.2) is 66.6 Å². The predicted molar refractivity (Wildman–Crippen MR) is 243 cm³/mol. The molecule has 56 heavy (non-hydrogen) atoms. The Bertz CT molecular complexity index is 1330. The van der Waals surface area contributed by atoms with Gasteiger partial charge in [-0.1, -0.05) is 113 Å². The van der Waals surface area contributed by atoms with Crippen LogP contribution in [-0.2, 0) is 23.1 Å². The highest BCUT2D eigenvalue weighted by atomic mass is 28.4. The number of nitrogens with one attached hydrogen (secondary N) is 1. The lowest BCUT2D eigenvalue weighted by Gasteiger charge is -2.42. The average Bonchev–Trinajstić information content (AvgIpc) is 3.54. The lowest BCUT2D eigenvalue weighted by molar-refractivity contribution is -0.115. The van der Waals surface area contributed by atoms with Gasteiger partial charge in [-0.3, -0.25) is 4.79 Å². The molecule has 1 fully saturated rings. The number of ether oxygens (including phenoxy) is 2. The molecular weight excluding hydrogens is 731 g/mol. The standard InChI is InChI=1S/C47H83NO6Si2/c1-17-31-51-47(50)48-30-22-24-38(12)44(49)25-21-23-40(14)46-41(15)32-43(53-46)28-29-45(54-55(18-2,19-3)20-4)39(13)27-26-37(11)42(16)33-52-56(34(5)6,35(7)8)36(9)10/h17,23,26-27,34-36,41,43,45-46H,1,12,16,18-22,24-25,28-33H2,2-11,13-15H3,(H,48,50)/b37-26+,39-27+,40-23+/t41-,43-,45+,46+/m1/s1. The molecule has 0 aromatic carbocycles. The number of ketones is 1. The number of carbonyl (C=O) groups is 2. The van der Waals surface area contributed by atoms with Crippen LogP contribution in [0.15, 0.2) is 71.9 Å². The molecule has 0 unspecified atom stereocenters. The molecule has 9 heteroatoms. The summed E-state index contributed by atoms with van der Waals surface area (Å²) in [6, 6.07) is 3.34. The Morgan fingerprint density at radius 2 is 1.52 bits per heavy atom. The van der Waals surface area contributed by atoms with Gasteiger partial charge in [0.25, 0.3) is 0 Å². The second-order valence-electron chi connectivity index (χ2n) is 17.2. The van der Waals surface area contributed by atoms with Crippen molar-refractivity contribution < 1.29 is 27.9 Å². The van der Waals surface area contributed by atoms with Crippen molar-refractivity contribution in [2.75, 3.05) is 19.8 Å². The average molecular weight is 814 g/mol. The molecule has 1 aliphatic rings. The predicted octanol–water partition coefficient (Wildman–Crippen LogP) is 13.1. The summed E-state index contributed by atoms with van der Waals surface area (Å²) in [5, 5.41) is 2.67. The first-order valence-electron chi connectivity index (χ1n) is 21.7. The van der Waals surface area contributed by atoms with Gasteiger partial charge in [-0.15, -0.1) is 0 Å². The van der Waals surface area contributed by atoms with E-state index in [1.54, 1.807) is 0 Å². The number of hydrogen-bond acceptors (Lipinski definition) is 6. The molecule has 1 saturated heterocycles. The maximum atomic E-state index is 12.7. The van der Waals surface area contributed by atoms with Crippen LogP contribution in [0.5, 0.6) is 0 Å². The molecule has 0 bridgehead atoms. The quantitative estimate of drug-likeness (QED) is 0.0278. The summed E-state index contributed by atoms with van der Waals surface area (Å²) in [4.78, 5) is 24.3. The van der Waals surface area contributed by atoms with Crippen molar-refractivity contribution in [3.8, 4) is 0 Å². The fraction of sp³-hybridized carbons (Fsp3) is 0.702. The number of carbonyl (C=O) groups excluding carboxylic acids is 2. The number of Topliss-reactive ketones (excluding diaryl/α,β-unsaturated/α-hetero) is 1. The van der Waals surface area contributed by atoms with Crippen LogP contribution in [0.4, 0.5) is 4.79 Å². The van der Waals surface area contributed by atoms with Crippen molar-refractivity contribution in [1.29, 1.82) is 0 Å². The molecule has 1 heterocycles. The van der Waals surface area contributed by atoms with Gasteiger partial charge in [-0.05, 0) is 128 Å². The first kappa shape index (κ1) is 51.7. The van der Waals surface area contributed by atoms with Crippen molar-refractivity contribution in [3.63, 3.8) is 0 Å². The van der Waals surface area contributed by atoms with Gasteiger partial charge < -0.3 is 23.6 Å². The summed E-state index contributed by atoms with van der Waals surface area (Å²) >= 11 is 0. The molecule has 7 nitrogen and oxygen atoms in total.